The van der Waals surface area contributed by atoms with E-state index in [-0.39, 0.29) is 17.4 Å². The molecule has 0 bridgehead atoms. The van der Waals surface area contributed by atoms with Gasteiger partial charge in [0.2, 0.25) is 10.0 Å². The predicted octanol–water partition coefficient (Wildman–Crippen LogP) is 2.20. The van der Waals surface area contributed by atoms with Crippen LogP contribution in [0.25, 0.3) is 0 Å². The number of hydrogen-bond acceptors (Lipinski definition) is 3. The maximum atomic E-state index is 11.9. The maximum absolute atomic E-state index is 11.9. The summed E-state index contributed by atoms with van der Waals surface area (Å²) in [7, 11) is -3.54. The van der Waals surface area contributed by atoms with Crippen molar-refractivity contribution in [3.05, 3.63) is 28.2 Å². The standard InChI is InChI=1S/C11H13BrN2O2S/c1-8(6-13)7-14-17(15,16)10-4-3-9(2)11(12)5-10/h3-5,8,14H,7H2,1-2H3/t8-/m1/s1. The smallest absolute Gasteiger partial charge is 0.210 e. The monoisotopic (exact) mass is 316 g/mol. The van der Waals surface area contributed by atoms with Crippen LogP contribution in [-0.4, -0.2) is 15.0 Å². The Kier molecular flexibility index (Phi) is 4.69. The number of halogens is 1. The Morgan fingerprint density at radius 3 is 2.71 bits per heavy atom. The fourth-order valence-corrected chi connectivity index (χ4v) is 2.79. The van der Waals surface area contributed by atoms with Crippen molar-refractivity contribution in [2.24, 2.45) is 5.92 Å². The second-order valence-corrected chi connectivity index (χ2v) is 6.41. The molecule has 0 amide bonds. The molecule has 0 aromatic heterocycles. The van der Waals surface area contributed by atoms with Crippen LogP contribution in [0.3, 0.4) is 0 Å². The van der Waals surface area contributed by atoms with Gasteiger partial charge < -0.3 is 0 Å². The Morgan fingerprint density at radius 2 is 2.18 bits per heavy atom. The van der Waals surface area contributed by atoms with Crippen LogP contribution in [0.2, 0.25) is 0 Å². The molecule has 1 rings (SSSR count). The molecule has 0 saturated heterocycles. The molecule has 0 aliphatic rings. The zero-order valence-electron chi connectivity index (χ0n) is 9.57. The van der Waals surface area contributed by atoms with Gasteiger partial charge in [-0.05, 0) is 31.5 Å². The molecule has 0 radical (unpaired) electrons. The Bertz CT molecular complexity index is 549. The molecule has 0 heterocycles. The Labute approximate surface area is 110 Å². The molecular weight excluding hydrogens is 304 g/mol. The largest absolute Gasteiger partial charge is 0.240 e. The quantitative estimate of drug-likeness (QED) is 0.925. The molecule has 1 N–H and O–H groups in total. The molecule has 0 aliphatic heterocycles. The van der Waals surface area contributed by atoms with Gasteiger partial charge in [0.25, 0.3) is 0 Å². The highest BCUT2D eigenvalue weighted by atomic mass is 79.9. The third-order valence-electron chi connectivity index (χ3n) is 2.25. The zero-order chi connectivity index (χ0) is 13.1. The summed E-state index contributed by atoms with van der Waals surface area (Å²) in [5.74, 6) is -0.348. The topological polar surface area (TPSA) is 70.0 Å². The van der Waals surface area contributed by atoms with E-state index in [0.29, 0.717) is 0 Å². The average molecular weight is 317 g/mol. The molecular formula is C11H13BrN2O2S. The number of rotatable bonds is 4. The van der Waals surface area contributed by atoms with Crippen molar-refractivity contribution in [2.45, 2.75) is 18.7 Å². The minimum Gasteiger partial charge on any atom is -0.210 e. The highest BCUT2D eigenvalue weighted by Gasteiger charge is 2.15. The van der Waals surface area contributed by atoms with Crippen LogP contribution in [0, 0.1) is 24.2 Å². The van der Waals surface area contributed by atoms with Crippen LogP contribution in [0.4, 0.5) is 0 Å². The Morgan fingerprint density at radius 1 is 1.53 bits per heavy atom. The van der Waals surface area contributed by atoms with Gasteiger partial charge in [0.05, 0.1) is 16.9 Å². The van der Waals surface area contributed by atoms with Crippen LogP contribution in [0.1, 0.15) is 12.5 Å². The van der Waals surface area contributed by atoms with E-state index in [9.17, 15) is 8.42 Å². The lowest BCUT2D eigenvalue weighted by Crippen LogP contribution is -2.28. The molecule has 0 spiro atoms. The van der Waals surface area contributed by atoms with Crippen molar-refractivity contribution < 1.29 is 8.42 Å². The van der Waals surface area contributed by atoms with Gasteiger partial charge in [0.15, 0.2) is 0 Å². The van der Waals surface area contributed by atoms with E-state index < -0.39 is 10.0 Å². The van der Waals surface area contributed by atoms with Crippen LogP contribution < -0.4 is 4.72 Å². The van der Waals surface area contributed by atoms with Crippen molar-refractivity contribution in [3.8, 4) is 6.07 Å². The molecule has 4 nitrogen and oxygen atoms in total. The predicted molar refractivity (Wildman–Crippen MR) is 68.8 cm³/mol. The molecule has 0 fully saturated rings. The first-order valence-corrected chi connectivity index (χ1v) is 7.30. The highest BCUT2D eigenvalue weighted by molar-refractivity contribution is 9.10. The molecule has 1 aromatic carbocycles. The van der Waals surface area contributed by atoms with Crippen molar-refractivity contribution in [3.63, 3.8) is 0 Å². The van der Waals surface area contributed by atoms with Gasteiger partial charge in [-0.25, -0.2) is 13.1 Å². The fourth-order valence-electron chi connectivity index (χ4n) is 1.10. The summed E-state index contributed by atoms with van der Waals surface area (Å²) >= 11 is 3.29. The molecule has 1 atom stereocenters. The second-order valence-electron chi connectivity index (χ2n) is 3.79. The summed E-state index contributed by atoms with van der Waals surface area (Å²) in [6.45, 7) is 3.66. The summed E-state index contributed by atoms with van der Waals surface area (Å²) in [5.41, 5.74) is 0.967. The van der Waals surface area contributed by atoms with E-state index in [4.69, 9.17) is 5.26 Å². The SMILES string of the molecule is Cc1ccc(S(=O)(=O)NC[C@H](C)C#N)cc1Br. The molecule has 0 saturated carbocycles. The molecule has 1 aromatic rings. The number of aryl methyl sites for hydroxylation is 1. The number of benzene rings is 1. The second kappa shape index (κ2) is 5.63. The Hall–Kier alpha value is -0.900. The zero-order valence-corrected chi connectivity index (χ0v) is 12.0. The number of sulfonamides is 1. The molecule has 0 aliphatic carbocycles. The van der Waals surface area contributed by atoms with E-state index >= 15 is 0 Å². The van der Waals surface area contributed by atoms with E-state index in [1.54, 1.807) is 25.1 Å². The van der Waals surface area contributed by atoms with Gasteiger partial charge in [-0.3, -0.25) is 0 Å². The summed E-state index contributed by atoms with van der Waals surface area (Å²) in [4.78, 5) is 0.195. The molecule has 17 heavy (non-hydrogen) atoms. The number of nitrogens with one attached hydrogen (secondary N) is 1. The van der Waals surface area contributed by atoms with Crippen LogP contribution in [0.15, 0.2) is 27.6 Å². The van der Waals surface area contributed by atoms with E-state index in [2.05, 4.69) is 20.7 Å². The number of nitriles is 1. The fraction of sp³-hybridized carbons (Fsp3) is 0.364. The van der Waals surface area contributed by atoms with Crippen LogP contribution >= 0.6 is 15.9 Å². The normalized spacial score (nSPS) is 13.1. The summed E-state index contributed by atoms with van der Waals surface area (Å²) in [6, 6.07) is 6.79. The third kappa shape index (κ3) is 3.80. The van der Waals surface area contributed by atoms with Gasteiger partial charge in [0.1, 0.15) is 0 Å². The summed E-state index contributed by atoms with van der Waals surface area (Å²) < 4.78 is 26.9. The molecule has 0 unspecified atom stereocenters. The summed E-state index contributed by atoms with van der Waals surface area (Å²) in [6.07, 6.45) is 0. The van der Waals surface area contributed by atoms with Gasteiger partial charge in [-0.15, -0.1) is 0 Å². The van der Waals surface area contributed by atoms with Crippen LogP contribution in [-0.2, 0) is 10.0 Å². The number of hydrogen-bond donors (Lipinski definition) is 1. The average Bonchev–Trinajstić information content (AvgIpc) is 2.29. The summed E-state index contributed by atoms with van der Waals surface area (Å²) in [5, 5.41) is 8.59. The van der Waals surface area contributed by atoms with E-state index in [1.807, 2.05) is 13.0 Å². The minimum atomic E-state index is -3.54. The van der Waals surface area contributed by atoms with Crippen molar-refractivity contribution in [2.75, 3.05) is 6.54 Å². The van der Waals surface area contributed by atoms with Gasteiger partial charge in [-0.1, -0.05) is 22.0 Å². The van der Waals surface area contributed by atoms with Crippen molar-refractivity contribution >= 4 is 26.0 Å². The Balaban J connectivity index is 2.91. The van der Waals surface area contributed by atoms with Gasteiger partial charge in [-0.2, -0.15) is 5.26 Å². The molecule has 92 valence electrons. The van der Waals surface area contributed by atoms with Gasteiger partial charge in [0, 0.05) is 11.0 Å². The lowest BCUT2D eigenvalue weighted by atomic mass is 10.2. The van der Waals surface area contributed by atoms with E-state index in [0.717, 1.165) is 10.0 Å². The first kappa shape index (κ1) is 14.2. The lowest BCUT2D eigenvalue weighted by Gasteiger charge is -2.08. The number of nitrogens with zero attached hydrogens (tertiary/aromatic N) is 1. The van der Waals surface area contributed by atoms with Crippen molar-refractivity contribution in [1.82, 2.24) is 4.72 Å². The van der Waals surface area contributed by atoms with Gasteiger partial charge >= 0.3 is 0 Å². The van der Waals surface area contributed by atoms with E-state index in [1.165, 1.54) is 0 Å². The maximum Gasteiger partial charge on any atom is 0.240 e. The minimum absolute atomic E-state index is 0.115. The molecule has 6 heteroatoms. The highest BCUT2D eigenvalue weighted by Crippen LogP contribution is 2.20. The van der Waals surface area contributed by atoms with Crippen molar-refractivity contribution in [1.29, 1.82) is 5.26 Å². The third-order valence-corrected chi connectivity index (χ3v) is 4.53. The lowest BCUT2D eigenvalue weighted by molar-refractivity contribution is 0.572. The first-order chi connectivity index (χ1) is 7.86. The van der Waals surface area contributed by atoms with Crippen LogP contribution in [0.5, 0.6) is 0 Å². The first-order valence-electron chi connectivity index (χ1n) is 5.02.